The van der Waals surface area contributed by atoms with Crippen molar-refractivity contribution < 1.29 is 19.1 Å². The molecule has 0 atom stereocenters. The zero-order chi connectivity index (χ0) is 18.4. The number of ether oxygens (including phenoxy) is 2. The lowest BCUT2D eigenvalue weighted by Gasteiger charge is -2.12. The molecule has 6 nitrogen and oxygen atoms in total. The highest BCUT2D eigenvalue weighted by molar-refractivity contribution is 6.04. The number of carbonyl (C=O) groups is 2. The van der Waals surface area contributed by atoms with Crippen LogP contribution in [0.25, 0.3) is 0 Å². The number of anilines is 2. The van der Waals surface area contributed by atoms with Gasteiger partial charge in [-0.05, 0) is 61.4 Å². The second-order valence-corrected chi connectivity index (χ2v) is 5.65. The molecule has 2 aromatic rings. The maximum Gasteiger partial charge on any atom is 0.255 e. The van der Waals surface area contributed by atoms with E-state index in [-0.39, 0.29) is 18.4 Å². The standard InChI is InChI=1S/C19H22N2O4/c1-12-10-15(6-7-16(12)21-18(22)11-24-3)20-19(23)14-5-8-17(25-4)13(2)9-14/h5-10H,11H2,1-4H3,(H,20,23)(H,21,22). The largest absolute Gasteiger partial charge is 0.496 e. The minimum absolute atomic E-state index is 0.00521. The first-order valence-electron chi connectivity index (χ1n) is 7.80. The Labute approximate surface area is 147 Å². The van der Waals surface area contributed by atoms with Crippen LogP contribution in [-0.2, 0) is 9.53 Å². The molecule has 0 aliphatic rings. The molecule has 0 aliphatic carbocycles. The Morgan fingerprint density at radius 3 is 2.32 bits per heavy atom. The molecule has 0 fully saturated rings. The lowest BCUT2D eigenvalue weighted by Crippen LogP contribution is -2.18. The van der Waals surface area contributed by atoms with Gasteiger partial charge in [0.2, 0.25) is 5.91 Å². The Hall–Kier alpha value is -2.86. The van der Waals surface area contributed by atoms with E-state index in [4.69, 9.17) is 9.47 Å². The summed E-state index contributed by atoms with van der Waals surface area (Å²) >= 11 is 0. The molecule has 0 saturated heterocycles. The number of amides is 2. The second-order valence-electron chi connectivity index (χ2n) is 5.65. The summed E-state index contributed by atoms with van der Waals surface area (Å²) in [7, 11) is 3.06. The minimum atomic E-state index is -0.226. The van der Waals surface area contributed by atoms with E-state index in [0.29, 0.717) is 16.9 Å². The van der Waals surface area contributed by atoms with Crippen molar-refractivity contribution in [2.45, 2.75) is 13.8 Å². The van der Waals surface area contributed by atoms with Crippen LogP contribution in [0.5, 0.6) is 5.75 Å². The van der Waals surface area contributed by atoms with Gasteiger partial charge in [0.1, 0.15) is 12.4 Å². The number of hydrogen-bond donors (Lipinski definition) is 2. The van der Waals surface area contributed by atoms with Crippen molar-refractivity contribution in [1.29, 1.82) is 0 Å². The summed E-state index contributed by atoms with van der Waals surface area (Å²) in [6, 6.07) is 10.6. The fourth-order valence-electron chi connectivity index (χ4n) is 2.42. The van der Waals surface area contributed by atoms with Crippen LogP contribution < -0.4 is 15.4 Å². The number of rotatable bonds is 6. The second kappa shape index (κ2) is 8.30. The highest BCUT2D eigenvalue weighted by Gasteiger charge is 2.10. The molecule has 132 valence electrons. The topological polar surface area (TPSA) is 76.7 Å². The fourth-order valence-corrected chi connectivity index (χ4v) is 2.42. The van der Waals surface area contributed by atoms with Crippen LogP contribution in [0.3, 0.4) is 0 Å². The zero-order valence-corrected chi connectivity index (χ0v) is 14.8. The van der Waals surface area contributed by atoms with E-state index < -0.39 is 0 Å². The Bertz CT molecular complexity index is 787. The van der Waals surface area contributed by atoms with Gasteiger partial charge < -0.3 is 20.1 Å². The lowest BCUT2D eigenvalue weighted by atomic mass is 10.1. The van der Waals surface area contributed by atoms with Gasteiger partial charge >= 0.3 is 0 Å². The van der Waals surface area contributed by atoms with Crippen molar-refractivity contribution in [3.05, 3.63) is 53.1 Å². The quantitative estimate of drug-likeness (QED) is 0.845. The average molecular weight is 342 g/mol. The molecule has 0 saturated carbocycles. The van der Waals surface area contributed by atoms with Crippen molar-refractivity contribution in [1.82, 2.24) is 0 Å². The van der Waals surface area contributed by atoms with Gasteiger partial charge in [-0.2, -0.15) is 0 Å². The molecule has 2 rings (SSSR count). The molecular formula is C19H22N2O4. The molecule has 2 N–H and O–H groups in total. The molecule has 0 heterocycles. The number of hydrogen-bond acceptors (Lipinski definition) is 4. The van der Waals surface area contributed by atoms with Crippen LogP contribution in [0.1, 0.15) is 21.5 Å². The van der Waals surface area contributed by atoms with Gasteiger partial charge in [-0.25, -0.2) is 0 Å². The SMILES string of the molecule is COCC(=O)Nc1ccc(NC(=O)c2ccc(OC)c(C)c2)cc1C. The normalized spacial score (nSPS) is 10.2. The first-order valence-corrected chi connectivity index (χ1v) is 7.80. The van der Waals surface area contributed by atoms with Gasteiger partial charge in [0.05, 0.1) is 7.11 Å². The first-order chi connectivity index (χ1) is 11.9. The molecule has 2 aromatic carbocycles. The Morgan fingerprint density at radius 1 is 0.960 bits per heavy atom. The van der Waals surface area contributed by atoms with Crippen molar-refractivity contribution in [2.24, 2.45) is 0 Å². The van der Waals surface area contributed by atoms with Crippen molar-refractivity contribution in [2.75, 3.05) is 31.5 Å². The monoisotopic (exact) mass is 342 g/mol. The molecule has 25 heavy (non-hydrogen) atoms. The molecule has 0 aliphatic heterocycles. The van der Waals surface area contributed by atoms with Crippen molar-refractivity contribution in [3.8, 4) is 5.75 Å². The number of methoxy groups -OCH3 is 2. The number of carbonyl (C=O) groups excluding carboxylic acids is 2. The van der Waals surface area contributed by atoms with E-state index in [1.807, 2.05) is 13.8 Å². The number of aryl methyl sites for hydroxylation is 2. The molecule has 0 aromatic heterocycles. The van der Waals surface area contributed by atoms with Crippen LogP contribution in [0, 0.1) is 13.8 Å². The van der Waals surface area contributed by atoms with Crippen molar-refractivity contribution in [3.63, 3.8) is 0 Å². The van der Waals surface area contributed by atoms with E-state index in [1.54, 1.807) is 43.5 Å². The predicted molar refractivity (Wildman–Crippen MR) is 97.4 cm³/mol. The van der Waals surface area contributed by atoms with E-state index >= 15 is 0 Å². The number of benzene rings is 2. The van der Waals surface area contributed by atoms with E-state index in [9.17, 15) is 9.59 Å². The fraction of sp³-hybridized carbons (Fsp3) is 0.263. The van der Waals surface area contributed by atoms with Crippen molar-refractivity contribution >= 4 is 23.2 Å². The molecule has 0 radical (unpaired) electrons. The van der Waals surface area contributed by atoms with Crippen LogP contribution in [0.4, 0.5) is 11.4 Å². The Kier molecular flexibility index (Phi) is 6.14. The van der Waals surface area contributed by atoms with Crippen LogP contribution in [0.15, 0.2) is 36.4 Å². The summed E-state index contributed by atoms with van der Waals surface area (Å²) in [6.45, 7) is 3.74. The maximum atomic E-state index is 12.4. The Balaban J connectivity index is 2.09. The van der Waals surface area contributed by atoms with Crippen LogP contribution in [0.2, 0.25) is 0 Å². The summed E-state index contributed by atoms with van der Waals surface area (Å²) in [4.78, 5) is 24.0. The number of nitrogens with one attached hydrogen (secondary N) is 2. The van der Waals surface area contributed by atoms with E-state index in [0.717, 1.165) is 16.9 Å². The van der Waals surface area contributed by atoms with Gasteiger partial charge in [0.15, 0.2) is 0 Å². The van der Waals surface area contributed by atoms with Crippen LogP contribution in [-0.4, -0.2) is 32.6 Å². The summed E-state index contributed by atoms with van der Waals surface area (Å²) in [5, 5.41) is 5.61. The van der Waals surface area contributed by atoms with Gasteiger partial charge in [0, 0.05) is 24.0 Å². The van der Waals surface area contributed by atoms with Gasteiger partial charge in [-0.1, -0.05) is 0 Å². The van der Waals surface area contributed by atoms with Gasteiger partial charge in [0.25, 0.3) is 5.91 Å². The predicted octanol–water partition coefficient (Wildman–Crippen LogP) is 3.15. The third-order valence-electron chi connectivity index (χ3n) is 3.69. The molecule has 0 bridgehead atoms. The minimum Gasteiger partial charge on any atom is -0.496 e. The summed E-state index contributed by atoms with van der Waals surface area (Å²) in [6.07, 6.45) is 0. The molecule has 2 amide bonds. The van der Waals surface area contributed by atoms with Gasteiger partial charge in [-0.3, -0.25) is 9.59 Å². The molecule has 0 unspecified atom stereocenters. The molecular weight excluding hydrogens is 320 g/mol. The van der Waals surface area contributed by atoms with E-state index in [1.165, 1.54) is 7.11 Å². The summed E-state index contributed by atoms with van der Waals surface area (Å²) in [5.74, 6) is 0.306. The lowest BCUT2D eigenvalue weighted by molar-refractivity contribution is -0.119. The zero-order valence-electron chi connectivity index (χ0n) is 14.8. The van der Waals surface area contributed by atoms with Gasteiger partial charge in [-0.15, -0.1) is 0 Å². The maximum absolute atomic E-state index is 12.4. The molecule has 0 spiro atoms. The summed E-state index contributed by atoms with van der Waals surface area (Å²) < 4.78 is 9.99. The highest BCUT2D eigenvalue weighted by Crippen LogP contribution is 2.22. The highest BCUT2D eigenvalue weighted by atomic mass is 16.5. The Morgan fingerprint density at radius 2 is 1.72 bits per heavy atom. The van der Waals surface area contributed by atoms with E-state index in [2.05, 4.69) is 10.6 Å². The summed E-state index contributed by atoms with van der Waals surface area (Å²) in [5.41, 5.74) is 3.62. The third kappa shape index (κ3) is 4.81. The van der Waals surface area contributed by atoms with Crippen LogP contribution >= 0.6 is 0 Å². The average Bonchev–Trinajstić information content (AvgIpc) is 2.57. The smallest absolute Gasteiger partial charge is 0.255 e. The first kappa shape index (κ1) is 18.5. The molecule has 6 heteroatoms. The third-order valence-corrected chi connectivity index (χ3v) is 3.69.